The highest BCUT2D eigenvalue weighted by Crippen LogP contribution is 2.33. The lowest BCUT2D eigenvalue weighted by Gasteiger charge is -2.19. The largest absolute Gasteiger partial charge is 0.497 e. The van der Waals surface area contributed by atoms with Gasteiger partial charge in [0.25, 0.3) is 5.91 Å². The number of halogens is 1. The Bertz CT molecular complexity index is 1370. The van der Waals surface area contributed by atoms with Gasteiger partial charge in [-0.05, 0) is 54.1 Å². The van der Waals surface area contributed by atoms with Gasteiger partial charge in [-0.15, -0.1) is 0 Å². The lowest BCUT2D eigenvalue weighted by Crippen LogP contribution is -2.32. The minimum absolute atomic E-state index is 0.232. The van der Waals surface area contributed by atoms with Crippen molar-refractivity contribution >= 4 is 34.3 Å². The molecule has 1 aliphatic rings. The fraction of sp³-hybridized carbons (Fsp3) is 0.174. The number of nitrogens with zero attached hydrogens (tertiary/aromatic N) is 3. The number of aromatic nitrogens is 1. The zero-order valence-electron chi connectivity index (χ0n) is 17.0. The first-order valence-electron chi connectivity index (χ1n) is 9.90. The monoisotopic (exact) mass is 451 g/mol. The fourth-order valence-corrected chi connectivity index (χ4v) is 3.96. The highest BCUT2D eigenvalue weighted by atomic mass is 35.5. The van der Waals surface area contributed by atoms with E-state index in [4.69, 9.17) is 25.2 Å². The molecule has 0 saturated heterocycles. The van der Waals surface area contributed by atoms with Gasteiger partial charge in [-0.1, -0.05) is 11.6 Å². The Hall–Kier alpha value is -3.78. The molecule has 2 aromatic carbocycles. The van der Waals surface area contributed by atoms with Gasteiger partial charge >= 0.3 is 5.76 Å². The Morgan fingerprint density at radius 1 is 1.22 bits per heavy atom. The molecule has 162 valence electrons. The van der Waals surface area contributed by atoms with Gasteiger partial charge in [0.05, 0.1) is 24.6 Å². The van der Waals surface area contributed by atoms with Crippen molar-refractivity contribution in [3.05, 3.63) is 87.8 Å². The number of methoxy groups -OCH3 is 1. The van der Waals surface area contributed by atoms with Crippen molar-refractivity contribution in [3.8, 4) is 5.75 Å². The Labute approximate surface area is 187 Å². The predicted molar refractivity (Wildman–Crippen MR) is 118 cm³/mol. The number of carbonyl (C=O) groups excluding carboxylic acids is 1. The first-order chi connectivity index (χ1) is 15.5. The highest BCUT2D eigenvalue weighted by molar-refractivity contribution is 6.31. The summed E-state index contributed by atoms with van der Waals surface area (Å²) in [6, 6.07) is 15.4. The molecule has 0 saturated carbocycles. The zero-order chi connectivity index (χ0) is 22.2. The van der Waals surface area contributed by atoms with E-state index in [1.165, 1.54) is 9.58 Å². The van der Waals surface area contributed by atoms with Crippen molar-refractivity contribution in [1.29, 1.82) is 0 Å². The summed E-state index contributed by atoms with van der Waals surface area (Å²) in [5, 5.41) is 6.40. The van der Waals surface area contributed by atoms with Crippen molar-refractivity contribution in [2.75, 3.05) is 7.11 Å². The Morgan fingerprint density at radius 3 is 2.75 bits per heavy atom. The van der Waals surface area contributed by atoms with Crippen LogP contribution in [-0.2, 0) is 11.3 Å². The lowest BCUT2D eigenvalue weighted by atomic mass is 10.0. The smallest absolute Gasteiger partial charge is 0.420 e. The summed E-state index contributed by atoms with van der Waals surface area (Å²) in [7, 11) is 1.60. The van der Waals surface area contributed by atoms with E-state index in [0.717, 1.165) is 17.0 Å². The second kappa shape index (κ2) is 8.05. The van der Waals surface area contributed by atoms with Crippen molar-refractivity contribution in [1.82, 2.24) is 9.58 Å². The topological polar surface area (TPSA) is 90.2 Å². The van der Waals surface area contributed by atoms with Crippen molar-refractivity contribution in [2.24, 2.45) is 5.10 Å². The maximum atomic E-state index is 13.3. The molecule has 9 heteroatoms. The Morgan fingerprint density at radius 2 is 2.03 bits per heavy atom. The number of hydrazone groups is 1. The van der Waals surface area contributed by atoms with Crippen LogP contribution in [0.15, 0.2) is 79.6 Å². The molecule has 1 atom stereocenters. The molecular weight excluding hydrogens is 434 g/mol. The van der Waals surface area contributed by atoms with E-state index in [1.54, 1.807) is 43.7 Å². The molecule has 0 aliphatic carbocycles. The number of hydrogen-bond donors (Lipinski definition) is 0. The van der Waals surface area contributed by atoms with E-state index in [-0.39, 0.29) is 12.5 Å². The molecule has 0 N–H and O–H groups in total. The van der Waals surface area contributed by atoms with E-state index < -0.39 is 11.8 Å². The molecule has 0 radical (unpaired) electrons. The standard InChI is InChI=1S/C23H18ClN3O5/c1-30-16-7-4-14(5-8-16)17-12-19(20-3-2-10-31-20)27(25-17)22(28)13-26-18-9-6-15(24)11-21(18)32-23(26)29/h2-11,19H,12-13H2,1H3. The summed E-state index contributed by atoms with van der Waals surface area (Å²) in [4.78, 5) is 25.7. The number of ether oxygens (including phenoxy) is 1. The molecule has 1 amide bonds. The summed E-state index contributed by atoms with van der Waals surface area (Å²) in [5.74, 6) is 0.342. The highest BCUT2D eigenvalue weighted by Gasteiger charge is 2.35. The van der Waals surface area contributed by atoms with Gasteiger partial charge in [-0.2, -0.15) is 5.10 Å². The van der Waals surface area contributed by atoms with Crippen LogP contribution in [0.25, 0.3) is 11.1 Å². The van der Waals surface area contributed by atoms with E-state index in [9.17, 15) is 9.59 Å². The molecule has 2 aromatic heterocycles. The van der Waals surface area contributed by atoms with Gasteiger partial charge in [-0.3, -0.25) is 9.36 Å². The van der Waals surface area contributed by atoms with E-state index >= 15 is 0 Å². The second-order valence-corrected chi connectivity index (χ2v) is 7.75. The molecule has 1 aliphatic heterocycles. The van der Waals surface area contributed by atoms with Gasteiger partial charge in [0.2, 0.25) is 0 Å². The summed E-state index contributed by atoms with van der Waals surface area (Å²) in [6.45, 7) is -0.232. The number of fused-ring (bicyclic) bond motifs is 1. The SMILES string of the molecule is COc1ccc(C2=NN(C(=O)Cn3c(=O)oc4cc(Cl)ccc43)C(c3ccco3)C2)cc1. The number of amides is 1. The van der Waals surface area contributed by atoms with Gasteiger partial charge in [-0.25, -0.2) is 9.80 Å². The minimum Gasteiger partial charge on any atom is -0.497 e. The minimum atomic E-state index is -0.635. The third-order valence-electron chi connectivity index (χ3n) is 5.38. The summed E-state index contributed by atoms with van der Waals surface area (Å²) in [5.41, 5.74) is 2.42. The molecule has 3 heterocycles. The molecule has 0 spiro atoms. The molecule has 0 bridgehead atoms. The Balaban J connectivity index is 1.48. The van der Waals surface area contributed by atoms with Crippen LogP contribution >= 0.6 is 11.6 Å². The van der Waals surface area contributed by atoms with Crippen LogP contribution in [0.2, 0.25) is 5.02 Å². The number of rotatable bonds is 5. The molecule has 4 aromatic rings. The zero-order valence-corrected chi connectivity index (χ0v) is 17.8. The summed E-state index contributed by atoms with van der Waals surface area (Å²) < 4.78 is 17.3. The Kier molecular flexibility index (Phi) is 5.07. The van der Waals surface area contributed by atoms with Gasteiger partial charge in [0.1, 0.15) is 24.1 Å². The van der Waals surface area contributed by atoms with Crippen LogP contribution in [-0.4, -0.2) is 28.3 Å². The van der Waals surface area contributed by atoms with Crippen LogP contribution in [0.1, 0.15) is 23.8 Å². The van der Waals surface area contributed by atoms with Crippen molar-refractivity contribution in [2.45, 2.75) is 19.0 Å². The molecular formula is C23H18ClN3O5. The van der Waals surface area contributed by atoms with Crippen LogP contribution < -0.4 is 10.5 Å². The maximum absolute atomic E-state index is 13.3. The number of benzene rings is 2. The second-order valence-electron chi connectivity index (χ2n) is 7.32. The normalized spacial score (nSPS) is 15.9. The van der Waals surface area contributed by atoms with Gasteiger partial charge in [0.15, 0.2) is 5.58 Å². The van der Waals surface area contributed by atoms with Crippen LogP contribution in [0, 0.1) is 0 Å². The first kappa shape index (κ1) is 20.1. The first-order valence-corrected chi connectivity index (χ1v) is 10.3. The van der Waals surface area contributed by atoms with E-state index in [1.807, 2.05) is 24.3 Å². The number of hydrogen-bond acceptors (Lipinski definition) is 6. The van der Waals surface area contributed by atoms with Crippen LogP contribution in [0.5, 0.6) is 5.75 Å². The van der Waals surface area contributed by atoms with Crippen molar-refractivity contribution < 1.29 is 18.4 Å². The fourth-order valence-electron chi connectivity index (χ4n) is 3.80. The van der Waals surface area contributed by atoms with E-state index in [0.29, 0.717) is 28.3 Å². The molecule has 8 nitrogen and oxygen atoms in total. The molecule has 32 heavy (non-hydrogen) atoms. The lowest BCUT2D eigenvalue weighted by molar-refractivity contribution is -0.134. The number of furan rings is 1. The number of carbonyl (C=O) groups is 1. The quantitative estimate of drug-likeness (QED) is 0.453. The third-order valence-corrected chi connectivity index (χ3v) is 5.62. The summed E-state index contributed by atoms with van der Waals surface area (Å²) in [6.07, 6.45) is 2.03. The van der Waals surface area contributed by atoms with E-state index in [2.05, 4.69) is 5.10 Å². The van der Waals surface area contributed by atoms with Gasteiger partial charge < -0.3 is 13.6 Å². The third kappa shape index (κ3) is 3.58. The average Bonchev–Trinajstić information content (AvgIpc) is 3.53. The van der Waals surface area contributed by atoms with Crippen LogP contribution in [0.3, 0.4) is 0 Å². The molecule has 0 fully saturated rings. The molecule has 1 unspecified atom stereocenters. The van der Waals surface area contributed by atoms with Crippen molar-refractivity contribution in [3.63, 3.8) is 0 Å². The molecule has 5 rings (SSSR count). The number of oxazole rings is 1. The predicted octanol–water partition coefficient (Wildman–Crippen LogP) is 4.23. The van der Waals surface area contributed by atoms with Crippen LogP contribution in [0.4, 0.5) is 0 Å². The van der Waals surface area contributed by atoms with Gasteiger partial charge in [0, 0.05) is 17.5 Å². The summed E-state index contributed by atoms with van der Waals surface area (Å²) >= 11 is 5.98. The maximum Gasteiger partial charge on any atom is 0.420 e. The average molecular weight is 452 g/mol.